The number of benzene rings is 1. The van der Waals surface area contributed by atoms with E-state index >= 15 is 0 Å². The molecule has 2 N–H and O–H groups in total. The molecule has 1 aliphatic heterocycles. The minimum atomic E-state index is 0.276. The summed E-state index contributed by atoms with van der Waals surface area (Å²) in [5.41, 5.74) is 8.05. The van der Waals surface area contributed by atoms with Crippen molar-refractivity contribution in [1.82, 2.24) is 4.90 Å². The van der Waals surface area contributed by atoms with Gasteiger partial charge in [-0.2, -0.15) is 0 Å². The summed E-state index contributed by atoms with van der Waals surface area (Å²) in [6.07, 6.45) is 3.59. The van der Waals surface area contributed by atoms with Crippen molar-refractivity contribution >= 4 is 11.6 Å². The lowest BCUT2D eigenvalue weighted by atomic mass is 9.82. The Morgan fingerprint density at radius 1 is 1.32 bits per heavy atom. The lowest BCUT2D eigenvalue weighted by molar-refractivity contribution is -0.133. The van der Waals surface area contributed by atoms with E-state index in [2.05, 4.69) is 13.8 Å². The highest BCUT2D eigenvalue weighted by molar-refractivity contribution is 5.76. The zero-order chi connectivity index (χ0) is 13.9. The summed E-state index contributed by atoms with van der Waals surface area (Å²) in [6, 6.07) is 7.80. The van der Waals surface area contributed by atoms with Crippen molar-refractivity contribution < 1.29 is 4.79 Å². The van der Waals surface area contributed by atoms with E-state index in [0.29, 0.717) is 11.8 Å². The van der Waals surface area contributed by atoms with Crippen LogP contribution >= 0.6 is 0 Å². The van der Waals surface area contributed by atoms with Gasteiger partial charge in [-0.3, -0.25) is 4.79 Å². The number of likely N-dealkylation sites (tertiary alicyclic amines) is 1. The first-order chi connectivity index (χ1) is 8.96. The van der Waals surface area contributed by atoms with E-state index in [0.717, 1.165) is 43.6 Å². The second-order valence-corrected chi connectivity index (χ2v) is 6.29. The summed E-state index contributed by atoms with van der Waals surface area (Å²) in [5, 5.41) is 0. The molecule has 1 aromatic carbocycles. The maximum Gasteiger partial charge on any atom is 0.222 e. The van der Waals surface area contributed by atoms with Gasteiger partial charge < -0.3 is 10.6 Å². The first-order valence-corrected chi connectivity index (χ1v) is 7.08. The number of carbonyl (C=O) groups is 1. The van der Waals surface area contributed by atoms with E-state index in [1.54, 1.807) is 0 Å². The maximum absolute atomic E-state index is 12.2. The van der Waals surface area contributed by atoms with Crippen LogP contribution in [-0.2, 0) is 11.2 Å². The molecule has 3 nitrogen and oxygen atoms in total. The van der Waals surface area contributed by atoms with Gasteiger partial charge in [0.1, 0.15) is 0 Å². The number of hydrogen-bond acceptors (Lipinski definition) is 2. The normalized spacial score (nSPS) is 18.3. The molecule has 0 bridgehead atoms. The number of nitrogens with two attached hydrogens (primary N) is 1. The van der Waals surface area contributed by atoms with Crippen LogP contribution in [0.15, 0.2) is 24.3 Å². The Kier molecular flexibility index (Phi) is 4.13. The van der Waals surface area contributed by atoms with Gasteiger partial charge >= 0.3 is 0 Å². The molecule has 1 aromatic rings. The second kappa shape index (κ2) is 5.64. The SMILES string of the molecule is CC1(C)CCN(C(=O)CCc2cccc(N)c2)CC1. The van der Waals surface area contributed by atoms with Crippen molar-refractivity contribution in [3.63, 3.8) is 0 Å². The third kappa shape index (κ3) is 3.98. The van der Waals surface area contributed by atoms with Gasteiger partial charge in [0.2, 0.25) is 5.91 Å². The Balaban J connectivity index is 1.82. The predicted molar refractivity (Wildman–Crippen MR) is 78.8 cm³/mol. The molecule has 0 spiro atoms. The molecule has 1 aliphatic rings. The molecule has 0 unspecified atom stereocenters. The van der Waals surface area contributed by atoms with Crippen molar-refractivity contribution in [2.24, 2.45) is 5.41 Å². The fraction of sp³-hybridized carbons (Fsp3) is 0.562. The third-order valence-electron chi connectivity index (χ3n) is 4.05. The van der Waals surface area contributed by atoms with Crippen LogP contribution < -0.4 is 5.73 Å². The molecular weight excluding hydrogens is 236 g/mol. The number of anilines is 1. The van der Waals surface area contributed by atoms with Crippen LogP contribution in [0.1, 0.15) is 38.7 Å². The lowest BCUT2D eigenvalue weighted by Crippen LogP contribution is -2.41. The molecule has 1 fully saturated rings. The molecule has 1 heterocycles. The van der Waals surface area contributed by atoms with Gasteiger partial charge in [-0.25, -0.2) is 0 Å². The molecule has 1 amide bonds. The summed E-state index contributed by atoms with van der Waals surface area (Å²) in [7, 11) is 0. The van der Waals surface area contributed by atoms with Crippen LogP contribution in [-0.4, -0.2) is 23.9 Å². The molecule has 0 aliphatic carbocycles. The first kappa shape index (κ1) is 13.9. The van der Waals surface area contributed by atoms with Crippen LogP contribution in [0.4, 0.5) is 5.69 Å². The molecular formula is C16H24N2O. The van der Waals surface area contributed by atoms with E-state index in [4.69, 9.17) is 5.73 Å². The van der Waals surface area contributed by atoms with Crippen LogP contribution in [0, 0.1) is 5.41 Å². The molecule has 0 atom stereocenters. The van der Waals surface area contributed by atoms with Gasteiger partial charge in [0, 0.05) is 25.2 Å². The molecule has 2 rings (SSSR count). The van der Waals surface area contributed by atoms with Crippen molar-refractivity contribution in [3.8, 4) is 0 Å². The largest absolute Gasteiger partial charge is 0.399 e. The second-order valence-electron chi connectivity index (χ2n) is 6.29. The fourth-order valence-electron chi connectivity index (χ4n) is 2.52. The smallest absolute Gasteiger partial charge is 0.222 e. The van der Waals surface area contributed by atoms with E-state index < -0.39 is 0 Å². The van der Waals surface area contributed by atoms with Gasteiger partial charge in [0.05, 0.1) is 0 Å². The minimum Gasteiger partial charge on any atom is -0.399 e. The highest BCUT2D eigenvalue weighted by Gasteiger charge is 2.27. The average Bonchev–Trinajstić information content (AvgIpc) is 2.36. The first-order valence-electron chi connectivity index (χ1n) is 7.08. The van der Waals surface area contributed by atoms with Gasteiger partial charge in [-0.15, -0.1) is 0 Å². The Morgan fingerprint density at radius 3 is 2.63 bits per heavy atom. The molecule has 1 saturated heterocycles. The Labute approximate surface area is 115 Å². The standard InChI is InChI=1S/C16H24N2O/c1-16(2)8-10-18(11-9-16)15(19)7-6-13-4-3-5-14(17)12-13/h3-5,12H,6-11,17H2,1-2H3. The van der Waals surface area contributed by atoms with E-state index in [-0.39, 0.29) is 5.91 Å². The number of nitrogens with zero attached hydrogens (tertiary/aromatic N) is 1. The van der Waals surface area contributed by atoms with Crippen molar-refractivity contribution in [3.05, 3.63) is 29.8 Å². The van der Waals surface area contributed by atoms with Crippen LogP contribution in [0.5, 0.6) is 0 Å². The van der Waals surface area contributed by atoms with Gasteiger partial charge in [-0.05, 0) is 42.4 Å². The Morgan fingerprint density at radius 2 is 2.00 bits per heavy atom. The number of rotatable bonds is 3. The summed E-state index contributed by atoms with van der Waals surface area (Å²) < 4.78 is 0. The average molecular weight is 260 g/mol. The molecule has 0 saturated carbocycles. The topological polar surface area (TPSA) is 46.3 Å². The van der Waals surface area contributed by atoms with Crippen LogP contribution in [0.2, 0.25) is 0 Å². The van der Waals surface area contributed by atoms with Crippen LogP contribution in [0.25, 0.3) is 0 Å². The maximum atomic E-state index is 12.2. The number of aryl methyl sites for hydroxylation is 1. The number of hydrogen-bond donors (Lipinski definition) is 1. The quantitative estimate of drug-likeness (QED) is 0.849. The van der Waals surface area contributed by atoms with Gasteiger partial charge in [0.15, 0.2) is 0 Å². The molecule has 104 valence electrons. The van der Waals surface area contributed by atoms with E-state index in [1.165, 1.54) is 0 Å². The summed E-state index contributed by atoms with van der Waals surface area (Å²) >= 11 is 0. The molecule has 3 heteroatoms. The van der Waals surface area contributed by atoms with E-state index in [9.17, 15) is 4.79 Å². The third-order valence-corrected chi connectivity index (χ3v) is 4.05. The Bertz CT molecular complexity index is 444. The van der Waals surface area contributed by atoms with Gasteiger partial charge in [0.25, 0.3) is 0 Å². The number of nitrogen functional groups attached to an aromatic ring is 1. The highest BCUT2D eigenvalue weighted by atomic mass is 16.2. The monoisotopic (exact) mass is 260 g/mol. The van der Waals surface area contributed by atoms with E-state index in [1.807, 2.05) is 29.2 Å². The summed E-state index contributed by atoms with van der Waals surface area (Å²) in [6.45, 7) is 6.37. The molecule has 19 heavy (non-hydrogen) atoms. The number of amides is 1. The Hall–Kier alpha value is -1.51. The zero-order valence-electron chi connectivity index (χ0n) is 12.0. The lowest BCUT2D eigenvalue weighted by Gasteiger charge is -2.37. The van der Waals surface area contributed by atoms with Crippen molar-refractivity contribution in [1.29, 1.82) is 0 Å². The highest BCUT2D eigenvalue weighted by Crippen LogP contribution is 2.29. The minimum absolute atomic E-state index is 0.276. The van der Waals surface area contributed by atoms with Gasteiger partial charge in [-0.1, -0.05) is 26.0 Å². The zero-order valence-corrected chi connectivity index (χ0v) is 12.0. The van der Waals surface area contributed by atoms with Crippen LogP contribution in [0.3, 0.4) is 0 Å². The molecule has 0 radical (unpaired) electrons. The number of piperidine rings is 1. The number of carbonyl (C=O) groups excluding carboxylic acids is 1. The summed E-state index contributed by atoms with van der Waals surface area (Å²) in [4.78, 5) is 14.2. The van der Waals surface area contributed by atoms with Crippen molar-refractivity contribution in [2.75, 3.05) is 18.8 Å². The summed E-state index contributed by atoms with van der Waals surface area (Å²) in [5.74, 6) is 0.276. The molecule has 0 aromatic heterocycles. The van der Waals surface area contributed by atoms with Crippen molar-refractivity contribution in [2.45, 2.75) is 39.5 Å². The predicted octanol–water partition coefficient (Wildman–Crippen LogP) is 2.85. The fourth-order valence-corrected chi connectivity index (χ4v) is 2.52.